The molecule has 0 saturated heterocycles. The minimum atomic E-state index is -0.676. The second-order valence-corrected chi connectivity index (χ2v) is 3.04. The van der Waals surface area contributed by atoms with Crippen LogP contribution in [0.2, 0.25) is 0 Å². The molecule has 64 valence electrons. The quantitative estimate of drug-likeness (QED) is 0.438. The van der Waals surface area contributed by atoms with Crippen LogP contribution in [-0.4, -0.2) is 19.8 Å². The molecular weight excluding hydrogens is 151 g/mol. The van der Waals surface area contributed by atoms with Gasteiger partial charge in [-0.05, 0) is 31.8 Å². The van der Waals surface area contributed by atoms with Crippen molar-refractivity contribution < 1.29 is 9.53 Å². The normalized spacial score (nSPS) is 26.8. The Labute approximate surface area is 74.4 Å². The SMILES string of the molecule is [B]C(=O)OC1/C=C/CCCCC1. The predicted molar refractivity (Wildman–Crippen MR) is 48.2 cm³/mol. The molecule has 1 unspecified atom stereocenters. The van der Waals surface area contributed by atoms with E-state index >= 15 is 0 Å². The summed E-state index contributed by atoms with van der Waals surface area (Å²) in [6, 6.07) is 0. The zero-order valence-electron chi connectivity index (χ0n) is 7.16. The molecule has 2 nitrogen and oxygen atoms in total. The summed E-state index contributed by atoms with van der Waals surface area (Å²) in [6.07, 6.45) is 9.45. The first-order chi connectivity index (χ1) is 5.79. The molecule has 0 saturated carbocycles. The predicted octanol–water partition coefficient (Wildman–Crippen LogP) is 2.18. The van der Waals surface area contributed by atoms with Crippen LogP contribution in [0.25, 0.3) is 0 Å². The van der Waals surface area contributed by atoms with E-state index in [0.717, 1.165) is 19.3 Å². The van der Waals surface area contributed by atoms with Crippen molar-refractivity contribution >= 4 is 13.7 Å². The van der Waals surface area contributed by atoms with Crippen molar-refractivity contribution in [2.45, 2.75) is 38.2 Å². The number of hydrogen-bond donors (Lipinski definition) is 0. The molecule has 0 amide bonds. The third kappa shape index (κ3) is 3.60. The second kappa shape index (κ2) is 5.02. The Morgan fingerprint density at radius 2 is 2.25 bits per heavy atom. The molecule has 3 heteroatoms. The molecule has 1 aliphatic rings. The monoisotopic (exact) mass is 164 g/mol. The fraction of sp³-hybridized carbons (Fsp3) is 0.667. The highest BCUT2D eigenvalue weighted by Gasteiger charge is 2.08. The summed E-state index contributed by atoms with van der Waals surface area (Å²) in [4.78, 5) is 10.4. The number of rotatable bonds is 1. The lowest BCUT2D eigenvalue weighted by Gasteiger charge is -2.14. The van der Waals surface area contributed by atoms with Crippen molar-refractivity contribution in [1.82, 2.24) is 0 Å². The zero-order valence-corrected chi connectivity index (χ0v) is 7.16. The number of carbonyl (C=O) groups is 1. The molecule has 0 N–H and O–H groups in total. The maximum atomic E-state index is 10.4. The Kier molecular flexibility index (Phi) is 3.91. The maximum absolute atomic E-state index is 10.4. The van der Waals surface area contributed by atoms with Crippen LogP contribution in [0.15, 0.2) is 12.2 Å². The van der Waals surface area contributed by atoms with Gasteiger partial charge in [0.25, 0.3) is 0 Å². The second-order valence-electron chi connectivity index (χ2n) is 3.04. The van der Waals surface area contributed by atoms with Gasteiger partial charge in [-0.15, -0.1) is 0 Å². The van der Waals surface area contributed by atoms with Crippen molar-refractivity contribution in [1.29, 1.82) is 0 Å². The third-order valence-electron chi connectivity index (χ3n) is 1.98. The summed E-state index contributed by atoms with van der Waals surface area (Å²) in [6.45, 7) is 0. The standard InChI is InChI=1S/C9H13BO2/c10-9(11)12-8-6-4-2-1-3-5-7-8/h4,6,8H,1-3,5,7H2/b6-4+. The minimum Gasteiger partial charge on any atom is -0.467 e. The Balaban J connectivity index is 2.38. The first kappa shape index (κ1) is 9.36. The number of allylic oxidation sites excluding steroid dienone is 1. The number of hydrogen-bond acceptors (Lipinski definition) is 2. The van der Waals surface area contributed by atoms with Crippen LogP contribution in [0.1, 0.15) is 32.1 Å². The Hall–Kier alpha value is -0.725. The highest BCUT2D eigenvalue weighted by molar-refractivity contribution is 6.55. The van der Waals surface area contributed by atoms with Gasteiger partial charge in [-0.25, -0.2) is 0 Å². The molecule has 0 aromatic heterocycles. The molecule has 0 heterocycles. The van der Waals surface area contributed by atoms with Gasteiger partial charge in [0.05, 0.1) is 0 Å². The Morgan fingerprint density at radius 1 is 1.42 bits per heavy atom. The smallest absolute Gasteiger partial charge is 0.236 e. The highest BCUT2D eigenvalue weighted by Crippen LogP contribution is 2.13. The van der Waals surface area contributed by atoms with E-state index in [-0.39, 0.29) is 6.10 Å². The Morgan fingerprint density at radius 3 is 3.00 bits per heavy atom. The van der Waals surface area contributed by atoms with Crippen molar-refractivity contribution in [2.75, 3.05) is 0 Å². The molecule has 0 bridgehead atoms. The van der Waals surface area contributed by atoms with Gasteiger partial charge in [-0.3, -0.25) is 4.79 Å². The zero-order chi connectivity index (χ0) is 8.81. The van der Waals surface area contributed by atoms with Crippen molar-refractivity contribution in [2.24, 2.45) is 0 Å². The molecule has 1 aliphatic carbocycles. The minimum absolute atomic E-state index is 0.0946. The van der Waals surface area contributed by atoms with E-state index in [4.69, 9.17) is 12.6 Å². The lowest BCUT2D eigenvalue weighted by atomic mass is 10.0. The number of ether oxygens (including phenoxy) is 1. The summed E-state index contributed by atoms with van der Waals surface area (Å²) in [5, 5.41) is 0. The van der Waals surface area contributed by atoms with E-state index < -0.39 is 5.87 Å². The van der Waals surface area contributed by atoms with Gasteiger partial charge in [0, 0.05) is 0 Å². The summed E-state index contributed by atoms with van der Waals surface area (Å²) >= 11 is 0. The molecule has 0 aromatic rings. The largest absolute Gasteiger partial charge is 0.467 e. The molecular formula is C9H13BO2. The summed E-state index contributed by atoms with van der Waals surface area (Å²) in [7, 11) is 4.92. The molecule has 0 fully saturated rings. The van der Waals surface area contributed by atoms with Gasteiger partial charge in [-0.2, -0.15) is 0 Å². The first-order valence-corrected chi connectivity index (χ1v) is 4.42. The van der Waals surface area contributed by atoms with E-state index in [1.165, 1.54) is 12.8 Å². The van der Waals surface area contributed by atoms with Crippen LogP contribution in [-0.2, 0) is 4.74 Å². The molecule has 2 radical (unpaired) electrons. The molecule has 12 heavy (non-hydrogen) atoms. The molecule has 1 atom stereocenters. The average Bonchev–Trinajstić information content (AvgIpc) is 1.93. The topological polar surface area (TPSA) is 26.3 Å². The maximum Gasteiger partial charge on any atom is 0.236 e. The molecule has 0 spiro atoms. The van der Waals surface area contributed by atoms with Crippen molar-refractivity contribution in [3.63, 3.8) is 0 Å². The highest BCUT2D eigenvalue weighted by atomic mass is 16.5. The summed E-state index contributed by atoms with van der Waals surface area (Å²) < 4.78 is 4.88. The van der Waals surface area contributed by atoms with Crippen LogP contribution < -0.4 is 0 Å². The molecule has 1 rings (SSSR count). The van der Waals surface area contributed by atoms with Gasteiger partial charge in [-0.1, -0.05) is 12.5 Å². The number of carbonyl (C=O) groups excluding carboxylic acids is 1. The van der Waals surface area contributed by atoms with E-state index in [9.17, 15) is 4.79 Å². The summed E-state index contributed by atoms with van der Waals surface area (Å²) in [5.74, 6) is -0.676. The summed E-state index contributed by atoms with van der Waals surface area (Å²) in [5.41, 5.74) is 0. The van der Waals surface area contributed by atoms with Gasteiger partial charge in [0.2, 0.25) is 13.7 Å². The van der Waals surface area contributed by atoms with E-state index in [0.29, 0.717) is 0 Å². The van der Waals surface area contributed by atoms with Gasteiger partial charge >= 0.3 is 0 Å². The van der Waals surface area contributed by atoms with E-state index in [1.807, 2.05) is 6.08 Å². The molecule has 0 aromatic carbocycles. The van der Waals surface area contributed by atoms with E-state index in [1.54, 1.807) is 0 Å². The van der Waals surface area contributed by atoms with Gasteiger partial charge in [0.15, 0.2) is 0 Å². The first-order valence-electron chi connectivity index (χ1n) is 4.42. The van der Waals surface area contributed by atoms with Crippen LogP contribution in [0.3, 0.4) is 0 Å². The van der Waals surface area contributed by atoms with Crippen LogP contribution in [0, 0.1) is 0 Å². The van der Waals surface area contributed by atoms with Crippen molar-refractivity contribution in [3.8, 4) is 0 Å². The third-order valence-corrected chi connectivity index (χ3v) is 1.98. The van der Waals surface area contributed by atoms with Gasteiger partial charge in [0.1, 0.15) is 6.10 Å². The molecule has 0 aliphatic heterocycles. The van der Waals surface area contributed by atoms with Crippen LogP contribution >= 0.6 is 0 Å². The van der Waals surface area contributed by atoms with Crippen molar-refractivity contribution in [3.05, 3.63) is 12.2 Å². The fourth-order valence-electron chi connectivity index (χ4n) is 1.38. The fourth-order valence-corrected chi connectivity index (χ4v) is 1.38. The van der Waals surface area contributed by atoms with Gasteiger partial charge < -0.3 is 4.74 Å². The Bertz CT molecular complexity index is 177. The van der Waals surface area contributed by atoms with E-state index in [2.05, 4.69) is 6.08 Å². The lowest BCUT2D eigenvalue weighted by molar-refractivity contribution is 0.138. The lowest BCUT2D eigenvalue weighted by Crippen LogP contribution is -2.15. The average molecular weight is 164 g/mol. The van der Waals surface area contributed by atoms with Crippen LogP contribution in [0.5, 0.6) is 0 Å². The van der Waals surface area contributed by atoms with Crippen LogP contribution in [0.4, 0.5) is 4.79 Å².